The van der Waals surface area contributed by atoms with E-state index in [1.54, 1.807) is 0 Å². The minimum atomic E-state index is -0.730. The van der Waals surface area contributed by atoms with Crippen LogP contribution in [0.15, 0.2) is 48.5 Å². The molecule has 6 rings (SSSR count). The highest BCUT2D eigenvalue weighted by Gasteiger charge is 2.63. The van der Waals surface area contributed by atoms with Gasteiger partial charge in [-0.2, -0.15) is 0 Å². The molecule has 0 spiro atoms. The molecule has 3 atom stereocenters. The van der Waals surface area contributed by atoms with Crippen LogP contribution < -0.4 is 0 Å². The van der Waals surface area contributed by atoms with E-state index in [2.05, 4.69) is 46.2 Å². The van der Waals surface area contributed by atoms with E-state index in [0.29, 0.717) is 5.75 Å². The van der Waals surface area contributed by atoms with E-state index < -0.39 is 5.60 Å². The van der Waals surface area contributed by atoms with Crippen LogP contribution in [0.3, 0.4) is 0 Å². The van der Waals surface area contributed by atoms with Crippen LogP contribution in [0.2, 0.25) is 0 Å². The Labute approximate surface area is 185 Å². The number of fused-ring (bicyclic) bond motifs is 1. The third-order valence-corrected chi connectivity index (χ3v) is 8.77. The number of benzene rings is 2. The average molecular weight is 419 g/mol. The lowest BCUT2D eigenvalue weighted by Gasteiger charge is -2.61. The molecule has 31 heavy (non-hydrogen) atoms. The number of nitrogens with zero attached hydrogens (tertiary/aromatic N) is 2. The van der Waals surface area contributed by atoms with Crippen molar-refractivity contribution in [1.82, 2.24) is 9.80 Å². The number of phenols is 1. The summed E-state index contributed by atoms with van der Waals surface area (Å²) >= 11 is 0. The third kappa shape index (κ3) is 3.23. The molecule has 1 saturated carbocycles. The molecule has 4 aliphatic rings. The molecule has 2 aliphatic heterocycles. The van der Waals surface area contributed by atoms with Gasteiger partial charge in [-0.3, -0.25) is 9.80 Å². The zero-order valence-corrected chi connectivity index (χ0v) is 18.3. The van der Waals surface area contributed by atoms with Crippen LogP contribution in [-0.4, -0.2) is 57.8 Å². The van der Waals surface area contributed by atoms with Crippen molar-refractivity contribution in [2.24, 2.45) is 5.92 Å². The van der Waals surface area contributed by atoms with Gasteiger partial charge in [0.15, 0.2) is 0 Å². The molecule has 0 radical (unpaired) electrons. The third-order valence-electron chi connectivity index (χ3n) is 8.77. The van der Waals surface area contributed by atoms with Crippen LogP contribution in [0.25, 0.3) is 0 Å². The Kier molecular flexibility index (Phi) is 4.68. The second-order valence-electron chi connectivity index (χ2n) is 10.5. The average Bonchev–Trinajstić information content (AvgIpc) is 3.60. The van der Waals surface area contributed by atoms with E-state index >= 15 is 0 Å². The van der Waals surface area contributed by atoms with Crippen molar-refractivity contribution >= 4 is 0 Å². The molecule has 0 unspecified atom stereocenters. The van der Waals surface area contributed by atoms with Crippen molar-refractivity contribution < 1.29 is 10.2 Å². The van der Waals surface area contributed by atoms with E-state index in [4.69, 9.17) is 0 Å². The van der Waals surface area contributed by atoms with Crippen molar-refractivity contribution in [1.29, 1.82) is 0 Å². The second-order valence-corrected chi connectivity index (χ2v) is 10.5. The van der Waals surface area contributed by atoms with Crippen molar-refractivity contribution in [3.05, 3.63) is 65.2 Å². The summed E-state index contributed by atoms with van der Waals surface area (Å²) in [6.07, 6.45) is 6.35. The monoisotopic (exact) mass is 418 g/mol. The van der Waals surface area contributed by atoms with Gasteiger partial charge in [-0.05, 0) is 86.4 Å². The van der Waals surface area contributed by atoms with Gasteiger partial charge in [0.1, 0.15) is 5.75 Å². The highest BCUT2D eigenvalue weighted by atomic mass is 16.3. The first-order valence-corrected chi connectivity index (χ1v) is 12.1. The van der Waals surface area contributed by atoms with Crippen LogP contribution in [0.5, 0.6) is 5.75 Å². The summed E-state index contributed by atoms with van der Waals surface area (Å²) in [5.41, 5.74) is 2.92. The quantitative estimate of drug-likeness (QED) is 0.795. The molecular formula is C27H34N2O2. The van der Waals surface area contributed by atoms with Gasteiger partial charge in [-0.1, -0.05) is 36.4 Å². The molecule has 2 heterocycles. The predicted octanol–water partition coefficient (Wildman–Crippen LogP) is 3.70. The molecule has 0 aromatic heterocycles. The van der Waals surface area contributed by atoms with Crippen molar-refractivity contribution in [2.75, 3.05) is 26.2 Å². The number of hydrogen-bond donors (Lipinski definition) is 2. The van der Waals surface area contributed by atoms with Gasteiger partial charge in [0.05, 0.1) is 5.60 Å². The molecular weight excluding hydrogens is 384 g/mol. The Bertz CT molecular complexity index is 959. The SMILES string of the molecule is Oc1ccc2c(c1)[C@@]13CCN(Cc4ccccc4)CC[C@@]1(O)[C@@H](C2)N(CC1CC1)CC3. The van der Waals surface area contributed by atoms with E-state index in [9.17, 15) is 10.2 Å². The molecule has 2 bridgehead atoms. The maximum atomic E-state index is 12.5. The summed E-state index contributed by atoms with van der Waals surface area (Å²) in [7, 11) is 0. The van der Waals surface area contributed by atoms with Crippen LogP contribution in [0, 0.1) is 5.92 Å². The molecule has 2 aliphatic carbocycles. The molecule has 4 heteroatoms. The summed E-state index contributed by atoms with van der Waals surface area (Å²) in [6.45, 7) is 5.06. The molecule has 0 amide bonds. The molecule has 3 fully saturated rings. The van der Waals surface area contributed by atoms with E-state index in [0.717, 1.165) is 64.3 Å². The molecule has 2 saturated heterocycles. The summed E-state index contributed by atoms with van der Waals surface area (Å²) in [5, 5.41) is 22.9. The van der Waals surface area contributed by atoms with Gasteiger partial charge in [0, 0.05) is 31.1 Å². The van der Waals surface area contributed by atoms with E-state index in [1.165, 1.54) is 29.5 Å². The first-order valence-electron chi connectivity index (χ1n) is 12.1. The lowest BCUT2D eigenvalue weighted by atomic mass is 9.52. The number of phenolic OH excluding ortho intramolecular Hbond substituents is 1. The smallest absolute Gasteiger partial charge is 0.115 e. The van der Waals surface area contributed by atoms with Crippen LogP contribution in [-0.2, 0) is 18.4 Å². The number of rotatable bonds is 4. The fourth-order valence-corrected chi connectivity index (χ4v) is 6.91. The van der Waals surface area contributed by atoms with Gasteiger partial charge >= 0.3 is 0 Å². The molecule has 2 aromatic rings. The Hall–Kier alpha value is -1.88. The number of aromatic hydroxyl groups is 1. The van der Waals surface area contributed by atoms with Gasteiger partial charge < -0.3 is 10.2 Å². The molecule has 164 valence electrons. The standard InChI is InChI=1S/C27H34N2O2/c30-23-9-8-22-16-25-27(31)12-14-28(18-20-4-2-1-3-5-20)13-10-26(27,24(22)17-23)11-15-29(25)19-21-6-7-21/h1-5,8-9,17,21,25,30-31H,6-7,10-16,18-19H2/t25-,26+,27-/m1/s1. The topological polar surface area (TPSA) is 46.9 Å². The zero-order chi connectivity index (χ0) is 21.1. The first-order chi connectivity index (χ1) is 15.1. The van der Waals surface area contributed by atoms with Crippen molar-refractivity contribution in [3.8, 4) is 5.75 Å². The normalized spacial score (nSPS) is 33.4. The maximum Gasteiger partial charge on any atom is 0.115 e. The molecule has 4 nitrogen and oxygen atoms in total. The maximum absolute atomic E-state index is 12.5. The van der Waals surface area contributed by atoms with Crippen molar-refractivity contribution in [2.45, 2.75) is 62.1 Å². The van der Waals surface area contributed by atoms with Gasteiger partial charge in [-0.25, -0.2) is 0 Å². The number of likely N-dealkylation sites (tertiary alicyclic amines) is 2. The minimum Gasteiger partial charge on any atom is -0.508 e. The van der Waals surface area contributed by atoms with Crippen LogP contribution in [0.1, 0.15) is 48.8 Å². The van der Waals surface area contributed by atoms with Gasteiger partial charge in [0.25, 0.3) is 0 Å². The minimum absolute atomic E-state index is 0.190. The number of aliphatic hydroxyl groups is 1. The summed E-state index contributed by atoms with van der Waals surface area (Å²) in [6, 6.07) is 16.8. The Morgan fingerprint density at radius 1 is 0.935 bits per heavy atom. The van der Waals surface area contributed by atoms with E-state index in [-0.39, 0.29) is 11.5 Å². The molecule has 2 N–H and O–H groups in total. The van der Waals surface area contributed by atoms with Gasteiger partial charge in [0.2, 0.25) is 0 Å². The highest BCUT2D eigenvalue weighted by Crippen LogP contribution is 2.56. The number of piperidine rings is 1. The molecule has 2 aromatic carbocycles. The Morgan fingerprint density at radius 3 is 2.52 bits per heavy atom. The fraction of sp³-hybridized carbons (Fsp3) is 0.556. The first kappa shape index (κ1) is 19.8. The van der Waals surface area contributed by atoms with Gasteiger partial charge in [-0.15, -0.1) is 0 Å². The largest absolute Gasteiger partial charge is 0.508 e. The number of hydrogen-bond acceptors (Lipinski definition) is 4. The van der Waals surface area contributed by atoms with Crippen LogP contribution in [0.4, 0.5) is 0 Å². The lowest BCUT2D eigenvalue weighted by molar-refractivity contribution is -0.149. The fourth-order valence-electron chi connectivity index (χ4n) is 6.91. The highest BCUT2D eigenvalue weighted by molar-refractivity contribution is 5.48. The summed E-state index contributed by atoms with van der Waals surface area (Å²) < 4.78 is 0. The van der Waals surface area contributed by atoms with E-state index in [1.807, 2.05) is 12.1 Å². The zero-order valence-electron chi connectivity index (χ0n) is 18.3. The van der Waals surface area contributed by atoms with Crippen LogP contribution >= 0.6 is 0 Å². The Balaban J connectivity index is 1.37. The van der Waals surface area contributed by atoms with Crippen molar-refractivity contribution in [3.63, 3.8) is 0 Å². The summed E-state index contributed by atoms with van der Waals surface area (Å²) in [4.78, 5) is 5.15. The predicted molar refractivity (Wildman–Crippen MR) is 122 cm³/mol. The Morgan fingerprint density at radius 2 is 1.71 bits per heavy atom. The lowest BCUT2D eigenvalue weighted by Crippen LogP contribution is -2.71. The second kappa shape index (κ2) is 7.33. The summed E-state index contributed by atoms with van der Waals surface area (Å²) in [5.74, 6) is 1.16.